The average molecular weight is 317 g/mol. The highest BCUT2D eigenvalue weighted by molar-refractivity contribution is 5.91. The van der Waals surface area contributed by atoms with Gasteiger partial charge in [0, 0.05) is 31.7 Å². The summed E-state index contributed by atoms with van der Waals surface area (Å²) < 4.78 is 5.30. The Morgan fingerprint density at radius 1 is 1.30 bits per heavy atom. The van der Waals surface area contributed by atoms with E-state index >= 15 is 0 Å². The average Bonchev–Trinajstić information content (AvgIpc) is 2.63. The summed E-state index contributed by atoms with van der Waals surface area (Å²) in [5.74, 6) is 0.769. The molecule has 2 saturated heterocycles. The van der Waals surface area contributed by atoms with Crippen LogP contribution in [0.4, 0.5) is 11.5 Å². The van der Waals surface area contributed by atoms with E-state index in [0.717, 1.165) is 19.4 Å². The molecule has 1 amide bonds. The van der Waals surface area contributed by atoms with Crippen molar-refractivity contribution in [1.82, 2.24) is 4.98 Å². The normalized spacial score (nSPS) is 22.8. The molecule has 23 heavy (non-hydrogen) atoms. The van der Waals surface area contributed by atoms with Gasteiger partial charge in [-0.15, -0.1) is 0 Å². The molecule has 3 heterocycles. The van der Waals surface area contributed by atoms with Crippen LogP contribution in [0.15, 0.2) is 18.3 Å². The number of carbonyl (C=O) groups excluding carboxylic acids is 1. The largest absolute Gasteiger partial charge is 0.381 e. The Kier molecular flexibility index (Phi) is 5.49. The molecule has 2 aliphatic rings. The van der Waals surface area contributed by atoms with Crippen LogP contribution in [-0.4, -0.2) is 36.7 Å². The van der Waals surface area contributed by atoms with Crippen LogP contribution in [0.25, 0.3) is 0 Å². The molecular weight excluding hydrogens is 290 g/mol. The van der Waals surface area contributed by atoms with E-state index < -0.39 is 0 Å². The number of anilines is 2. The van der Waals surface area contributed by atoms with Gasteiger partial charge in [-0.2, -0.15) is 0 Å². The summed E-state index contributed by atoms with van der Waals surface area (Å²) in [6, 6.07) is 4.63. The summed E-state index contributed by atoms with van der Waals surface area (Å²) in [7, 11) is 0. The number of amides is 1. The van der Waals surface area contributed by atoms with Gasteiger partial charge in [-0.25, -0.2) is 4.98 Å². The Hall–Kier alpha value is -1.62. The minimum absolute atomic E-state index is 0.0526. The molecule has 0 radical (unpaired) electrons. The Morgan fingerprint density at radius 2 is 2.13 bits per heavy atom. The van der Waals surface area contributed by atoms with Crippen molar-refractivity contribution >= 4 is 17.4 Å². The van der Waals surface area contributed by atoms with Crippen molar-refractivity contribution in [3.63, 3.8) is 0 Å². The zero-order valence-electron chi connectivity index (χ0n) is 14.0. The van der Waals surface area contributed by atoms with Crippen LogP contribution in [0, 0.1) is 5.92 Å². The minimum Gasteiger partial charge on any atom is -0.381 e. The molecule has 0 aromatic carbocycles. The Labute approximate surface area is 138 Å². The predicted molar refractivity (Wildman–Crippen MR) is 91.7 cm³/mol. The first-order valence-corrected chi connectivity index (χ1v) is 8.89. The van der Waals surface area contributed by atoms with Gasteiger partial charge < -0.3 is 15.0 Å². The fourth-order valence-corrected chi connectivity index (χ4v) is 3.58. The molecule has 1 aromatic rings. The summed E-state index contributed by atoms with van der Waals surface area (Å²) in [5, 5.41) is 2.94. The SMILES string of the molecule is CCC1CCCCN1c1ccc(NC(=O)C2CCOCC2)nc1. The molecule has 5 nitrogen and oxygen atoms in total. The van der Waals surface area contributed by atoms with Crippen LogP contribution in [-0.2, 0) is 9.53 Å². The van der Waals surface area contributed by atoms with Crippen molar-refractivity contribution in [1.29, 1.82) is 0 Å². The standard InChI is InChI=1S/C18H27N3O2/c1-2-15-5-3-4-10-21(15)16-6-7-17(19-13-16)20-18(22)14-8-11-23-12-9-14/h6-7,13-15H,2-5,8-12H2,1H3,(H,19,20,22). The molecule has 0 saturated carbocycles. The van der Waals surface area contributed by atoms with E-state index in [1.54, 1.807) is 0 Å². The smallest absolute Gasteiger partial charge is 0.228 e. The molecule has 0 aliphatic carbocycles. The number of hydrogen-bond acceptors (Lipinski definition) is 4. The lowest BCUT2D eigenvalue weighted by Crippen LogP contribution is -2.39. The lowest BCUT2D eigenvalue weighted by Gasteiger charge is -2.37. The van der Waals surface area contributed by atoms with Crippen LogP contribution in [0.3, 0.4) is 0 Å². The summed E-state index contributed by atoms with van der Waals surface area (Å²) in [6.07, 6.45) is 8.50. The second-order valence-corrected chi connectivity index (χ2v) is 6.53. The van der Waals surface area contributed by atoms with Crippen molar-refractivity contribution in [2.75, 3.05) is 30.0 Å². The van der Waals surface area contributed by atoms with E-state index in [4.69, 9.17) is 4.74 Å². The molecule has 2 fully saturated rings. The summed E-state index contributed by atoms with van der Waals surface area (Å²) in [4.78, 5) is 19.1. The van der Waals surface area contributed by atoms with Crippen LogP contribution >= 0.6 is 0 Å². The lowest BCUT2D eigenvalue weighted by molar-refractivity contribution is -0.122. The Balaban J connectivity index is 1.61. The summed E-state index contributed by atoms with van der Waals surface area (Å²) >= 11 is 0. The first kappa shape index (κ1) is 16.2. The third-order valence-electron chi connectivity index (χ3n) is 5.02. The molecule has 1 aromatic heterocycles. The van der Waals surface area contributed by atoms with Crippen molar-refractivity contribution < 1.29 is 9.53 Å². The highest BCUT2D eigenvalue weighted by atomic mass is 16.5. The molecule has 1 N–H and O–H groups in total. The number of pyridine rings is 1. The van der Waals surface area contributed by atoms with E-state index in [1.807, 2.05) is 12.3 Å². The summed E-state index contributed by atoms with van der Waals surface area (Å²) in [6.45, 7) is 4.71. The second kappa shape index (κ2) is 7.77. The number of nitrogens with one attached hydrogen (secondary N) is 1. The molecule has 1 atom stereocenters. The fraction of sp³-hybridized carbons (Fsp3) is 0.667. The Bertz CT molecular complexity index is 512. The van der Waals surface area contributed by atoms with Crippen LogP contribution in [0.1, 0.15) is 45.4 Å². The van der Waals surface area contributed by atoms with E-state index in [0.29, 0.717) is 25.1 Å². The minimum atomic E-state index is 0.0526. The zero-order valence-corrected chi connectivity index (χ0v) is 14.0. The van der Waals surface area contributed by atoms with Gasteiger partial charge in [0.25, 0.3) is 0 Å². The van der Waals surface area contributed by atoms with Gasteiger partial charge in [-0.05, 0) is 50.7 Å². The number of carbonyl (C=O) groups is 1. The maximum absolute atomic E-state index is 12.2. The van der Waals surface area contributed by atoms with Crippen molar-refractivity contribution in [2.45, 2.75) is 51.5 Å². The predicted octanol–water partition coefficient (Wildman–Crippen LogP) is 3.22. The second-order valence-electron chi connectivity index (χ2n) is 6.53. The van der Waals surface area contributed by atoms with Gasteiger partial charge in [-0.1, -0.05) is 6.92 Å². The van der Waals surface area contributed by atoms with Crippen molar-refractivity contribution in [2.24, 2.45) is 5.92 Å². The molecule has 5 heteroatoms. The number of ether oxygens (including phenoxy) is 1. The van der Waals surface area contributed by atoms with Gasteiger partial charge in [0.2, 0.25) is 5.91 Å². The van der Waals surface area contributed by atoms with E-state index in [1.165, 1.54) is 31.4 Å². The number of nitrogens with zero attached hydrogens (tertiary/aromatic N) is 2. The van der Waals surface area contributed by atoms with Gasteiger partial charge in [0.15, 0.2) is 0 Å². The highest BCUT2D eigenvalue weighted by Crippen LogP contribution is 2.26. The number of rotatable bonds is 4. The first-order chi connectivity index (χ1) is 11.3. The monoisotopic (exact) mass is 317 g/mol. The van der Waals surface area contributed by atoms with E-state index in [-0.39, 0.29) is 11.8 Å². The molecular formula is C18H27N3O2. The van der Waals surface area contributed by atoms with Gasteiger partial charge in [-0.3, -0.25) is 4.79 Å². The maximum Gasteiger partial charge on any atom is 0.228 e. The van der Waals surface area contributed by atoms with Gasteiger partial charge >= 0.3 is 0 Å². The van der Waals surface area contributed by atoms with Crippen LogP contribution in [0.5, 0.6) is 0 Å². The van der Waals surface area contributed by atoms with E-state index in [2.05, 4.69) is 28.2 Å². The third-order valence-corrected chi connectivity index (χ3v) is 5.02. The van der Waals surface area contributed by atoms with Gasteiger partial charge in [0.1, 0.15) is 5.82 Å². The number of aromatic nitrogens is 1. The topological polar surface area (TPSA) is 54.5 Å². The van der Waals surface area contributed by atoms with Crippen LogP contribution in [0.2, 0.25) is 0 Å². The lowest BCUT2D eigenvalue weighted by atomic mass is 9.99. The molecule has 2 aliphatic heterocycles. The first-order valence-electron chi connectivity index (χ1n) is 8.89. The quantitative estimate of drug-likeness (QED) is 0.926. The molecule has 3 rings (SSSR count). The number of piperidine rings is 1. The Morgan fingerprint density at radius 3 is 2.83 bits per heavy atom. The molecule has 0 spiro atoms. The zero-order chi connectivity index (χ0) is 16.1. The maximum atomic E-state index is 12.2. The van der Waals surface area contributed by atoms with E-state index in [9.17, 15) is 4.79 Å². The number of hydrogen-bond donors (Lipinski definition) is 1. The highest BCUT2D eigenvalue weighted by Gasteiger charge is 2.23. The molecule has 1 unspecified atom stereocenters. The third kappa shape index (κ3) is 4.02. The van der Waals surface area contributed by atoms with Crippen molar-refractivity contribution in [3.05, 3.63) is 18.3 Å². The fourth-order valence-electron chi connectivity index (χ4n) is 3.58. The van der Waals surface area contributed by atoms with Gasteiger partial charge in [0.05, 0.1) is 11.9 Å². The molecule has 126 valence electrons. The van der Waals surface area contributed by atoms with Crippen LogP contribution < -0.4 is 10.2 Å². The summed E-state index contributed by atoms with van der Waals surface area (Å²) in [5.41, 5.74) is 1.17. The molecule has 0 bridgehead atoms. The van der Waals surface area contributed by atoms with Crippen molar-refractivity contribution in [3.8, 4) is 0 Å².